The summed E-state index contributed by atoms with van der Waals surface area (Å²) in [6.07, 6.45) is 0. The first-order valence-electron chi connectivity index (χ1n) is 5.81. The number of anilines is 1. The molecule has 0 aliphatic rings. The van der Waals surface area contributed by atoms with Crippen LogP contribution in [0.1, 0.15) is 16.1 Å². The van der Waals surface area contributed by atoms with E-state index in [4.69, 9.17) is 15.2 Å². The highest BCUT2D eigenvalue weighted by atomic mass is 16.5. The molecule has 0 aliphatic heterocycles. The minimum Gasteiger partial charge on any atom is -0.493 e. The second-order valence-corrected chi connectivity index (χ2v) is 3.93. The number of amides is 1. The fourth-order valence-corrected chi connectivity index (χ4v) is 1.66. The first kappa shape index (κ1) is 13.7. The Morgan fingerprint density at radius 3 is 2.65 bits per heavy atom. The standard InChI is InChI=1S/C12H15N5O3/c1-19-8-4-3-7(5-9(8)20-2)6-14-12(18)10-11(13)16-17-15-10/h3-5H,6H2,1-2H3,(H,14,18)(H3,13,15,16,17). The van der Waals surface area contributed by atoms with Crippen LogP contribution in [0.15, 0.2) is 18.2 Å². The van der Waals surface area contributed by atoms with Gasteiger partial charge >= 0.3 is 0 Å². The van der Waals surface area contributed by atoms with Crippen LogP contribution in [0.3, 0.4) is 0 Å². The Balaban J connectivity index is 2.04. The molecule has 106 valence electrons. The summed E-state index contributed by atoms with van der Waals surface area (Å²) in [5.41, 5.74) is 6.43. The van der Waals surface area contributed by atoms with Crippen molar-refractivity contribution in [2.24, 2.45) is 0 Å². The molecular formula is C12H15N5O3. The summed E-state index contributed by atoms with van der Waals surface area (Å²) < 4.78 is 10.3. The molecule has 0 radical (unpaired) electrons. The molecule has 2 rings (SSSR count). The zero-order valence-electron chi connectivity index (χ0n) is 11.1. The molecule has 2 aromatic rings. The van der Waals surface area contributed by atoms with Crippen molar-refractivity contribution in [2.45, 2.75) is 6.54 Å². The molecule has 1 aromatic heterocycles. The number of nitrogen functional groups attached to an aromatic ring is 1. The largest absolute Gasteiger partial charge is 0.493 e. The molecule has 0 saturated heterocycles. The predicted molar refractivity (Wildman–Crippen MR) is 71.5 cm³/mol. The average Bonchev–Trinajstić information content (AvgIpc) is 2.90. The van der Waals surface area contributed by atoms with Gasteiger partial charge in [-0.05, 0) is 17.7 Å². The van der Waals surface area contributed by atoms with E-state index in [2.05, 4.69) is 20.7 Å². The lowest BCUT2D eigenvalue weighted by molar-refractivity contribution is 0.0946. The molecule has 1 amide bonds. The quantitative estimate of drug-likeness (QED) is 0.725. The van der Waals surface area contributed by atoms with Crippen molar-refractivity contribution in [1.82, 2.24) is 20.7 Å². The van der Waals surface area contributed by atoms with Gasteiger partial charge in [0.15, 0.2) is 23.0 Å². The van der Waals surface area contributed by atoms with Crippen LogP contribution in [-0.4, -0.2) is 35.5 Å². The topological polar surface area (TPSA) is 115 Å². The highest BCUT2D eigenvalue weighted by molar-refractivity contribution is 5.96. The molecule has 0 fully saturated rings. The molecule has 0 bridgehead atoms. The second kappa shape index (κ2) is 5.91. The number of aromatic amines is 1. The van der Waals surface area contributed by atoms with E-state index < -0.39 is 5.91 Å². The number of nitrogens with two attached hydrogens (primary N) is 1. The number of methoxy groups -OCH3 is 2. The molecule has 4 N–H and O–H groups in total. The maximum Gasteiger partial charge on any atom is 0.275 e. The van der Waals surface area contributed by atoms with Gasteiger partial charge < -0.3 is 20.5 Å². The maximum absolute atomic E-state index is 11.8. The monoisotopic (exact) mass is 277 g/mol. The summed E-state index contributed by atoms with van der Waals surface area (Å²) in [6.45, 7) is 0.311. The summed E-state index contributed by atoms with van der Waals surface area (Å²) in [5.74, 6) is 0.893. The van der Waals surface area contributed by atoms with E-state index in [1.54, 1.807) is 26.4 Å². The molecule has 8 nitrogen and oxygen atoms in total. The van der Waals surface area contributed by atoms with E-state index in [1.807, 2.05) is 6.07 Å². The predicted octanol–water partition coefficient (Wildman–Crippen LogP) is 0.334. The minimum absolute atomic E-state index is 0.0646. The third-order valence-corrected chi connectivity index (χ3v) is 2.69. The SMILES string of the molecule is COc1ccc(CNC(=O)c2n[nH]nc2N)cc1OC. The molecule has 0 spiro atoms. The normalized spacial score (nSPS) is 10.1. The highest BCUT2D eigenvalue weighted by Gasteiger charge is 2.13. The van der Waals surface area contributed by atoms with Crippen LogP contribution in [0, 0.1) is 0 Å². The smallest absolute Gasteiger partial charge is 0.275 e. The number of hydrogen-bond donors (Lipinski definition) is 3. The van der Waals surface area contributed by atoms with Gasteiger partial charge in [-0.3, -0.25) is 4.79 Å². The Kier molecular flexibility index (Phi) is 4.04. The van der Waals surface area contributed by atoms with E-state index in [-0.39, 0.29) is 11.5 Å². The minimum atomic E-state index is -0.397. The molecule has 0 aliphatic carbocycles. The lowest BCUT2D eigenvalue weighted by Crippen LogP contribution is -2.24. The van der Waals surface area contributed by atoms with Crippen molar-refractivity contribution in [3.8, 4) is 11.5 Å². The first-order chi connectivity index (χ1) is 9.65. The van der Waals surface area contributed by atoms with Gasteiger partial charge in [-0.15, -0.1) is 10.2 Å². The van der Waals surface area contributed by atoms with Gasteiger partial charge in [0.1, 0.15) is 0 Å². The van der Waals surface area contributed by atoms with Gasteiger partial charge in [-0.2, -0.15) is 5.21 Å². The summed E-state index contributed by atoms with van der Waals surface area (Å²) in [4.78, 5) is 11.8. The second-order valence-electron chi connectivity index (χ2n) is 3.93. The van der Waals surface area contributed by atoms with Crippen molar-refractivity contribution in [1.29, 1.82) is 0 Å². The van der Waals surface area contributed by atoms with E-state index in [0.717, 1.165) is 5.56 Å². The van der Waals surface area contributed by atoms with Crippen LogP contribution >= 0.6 is 0 Å². The number of benzene rings is 1. The Hall–Kier alpha value is -2.77. The van der Waals surface area contributed by atoms with Gasteiger partial charge in [0.25, 0.3) is 5.91 Å². The lowest BCUT2D eigenvalue weighted by atomic mass is 10.2. The maximum atomic E-state index is 11.8. The summed E-state index contributed by atoms with van der Waals surface area (Å²) in [6, 6.07) is 5.38. The van der Waals surface area contributed by atoms with Crippen molar-refractivity contribution >= 4 is 11.7 Å². The number of nitrogens with zero attached hydrogens (tertiary/aromatic N) is 2. The lowest BCUT2D eigenvalue weighted by Gasteiger charge is -2.10. The molecule has 8 heteroatoms. The fraction of sp³-hybridized carbons (Fsp3) is 0.250. The van der Waals surface area contributed by atoms with Crippen LogP contribution < -0.4 is 20.5 Å². The number of hydrogen-bond acceptors (Lipinski definition) is 6. The summed E-state index contributed by atoms with van der Waals surface area (Å²) >= 11 is 0. The first-order valence-corrected chi connectivity index (χ1v) is 5.81. The molecule has 1 heterocycles. The summed E-state index contributed by atoms with van der Waals surface area (Å²) in [7, 11) is 3.11. The number of H-pyrrole nitrogens is 1. The Labute approximate surface area is 115 Å². The Morgan fingerprint density at radius 2 is 2.05 bits per heavy atom. The molecule has 1 aromatic carbocycles. The average molecular weight is 277 g/mol. The van der Waals surface area contributed by atoms with Crippen molar-refractivity contribution in [3.05, 3.63) is 29.5 Å². The zero-order chi connectivity index (χ0) is 14.5. The van der Waals surface area contributed by atoms with Crippen LogP contribution in [0.4, 0.5) is 5.82 Å². The number of ether oxygens (including phenoxy) is 2. The highest BCUT2D eigenvalue weighted by Crippen LogP contribution is 2.27. The van der Waals surface area contributed by atoms with Crippen molar-refractivity contribution < 1.29 is 14.3 Å². The fourth-order valence-electron chi connectivity index (χ4n) is 1.66. The zero-order valence-corrected chi connectivity index (χ0v) is 11.1. The number of nitrogens with one attached hydrogen (secondary N) is 2. The Morgan fingerprint density at radius 1 is 1.30 bits per heavy atom. The molecular weight excluding hydrogens is 262 g/mol. The van der Waals surface area contributed by atoms with Crippen molar-refractivity contribution in [2.75, 3.05) is 20.0 Å². The van der Waals surface area contributed by atoms with Crippen LogP contribution in [0.2, 0.25) is 0 Å². The van der Waals surface area contributed by atoms with Crippen LogP contribution in [-0.2, 0) is 6.54 Å². The van der Waals surface area contributed by atoms with Gasteiger partial charge in [-0.1, -0.05) is 6.07 Å². The Bertz CT molecular complexity index is 611. The van der Waals surface area contributed by atoms with Crippen LogP contribution in [0.5, 0.6) is 11.5 Å². The number of carbonyl (C=O) groups excluding carboxylic acids is 1. The van der Waals surface area contributed by atoms with Gasteiger partial charge in [0, 0.05) is 6.54 Å². The number of carbonyl (C=O) groups is 1. The van der Waals surface area contributed by atoms with E-state index in [1.165, 1.54) is 0 Å². The molecule has 0 saturated carbocycles. The molecule has 0 unspecified atom stereocenters. The number of rotatable bonds is 5. The summed E-state index contributed by atoms with van der Waals surface area (Å²) in [5, 5.41) is 12.2. The molecule has 20 heavy (non-hydrogen) atoms. The van der Waals surface area contributed by atoms with Crippen molar-refractivity contribution in [3.63, 3.8) is 0 Å². The van der Waals surface area contributed by atoms with E-state index in [9.17, 15) is 4.79 Å². The third-order valence-electron chi connectivity index (χ3n) is 2.69. The van der Waals surface area contributed by atoms with E-state index >= 15 is 0 Å². The third kappa shape index (κ3) is 2.79. The van der Waals surface area contributed by atoms with Gasteiger partial charge in [-0.25, -0.2) is 0 Å². The van der Waals surface area contributed by atoms with Gasteiger partial charge in [0.2, 0.25) is 0 Å². The molecule has 0 atom stereocenters. The van der Waals surface area contributed by atoms with Gasteiger partial charge in [0.05, 0.1) is 14.2 Å². The van der Waals surface area contributed by atoms with Crippen LogP contribution in [0.25, 0.3) is 0 Å². The number of aromatic nitrogens is 3. The van der Waals surface area contributed by atoms with E-state index in [0.29, 0.717) is 18.0 Å².